The van der Waals surface area contributed by atoms with Crippen LogP contribution in [0.15, 0.2) is 16.9 Å². The van der Waals surface area contributed by atoms with Crippen LogP contribution in [-0.4, -0.2) is 35.5 Å². The summed E-state index contributed by atoms with van der Waals surface area (Å²) in [5, 5.41) is 0. The lowest BCUT2D eigenvalue weighted by Gasteiger charge is -2.13. The highest BCUT2D eigenvalue weighted by Gasteiger charge is 2.08. The quantitative estimate of drug-likeness (QED) is 0.882. The Kier molecular flexibility index (Phi) is 4.44. The van der Waals surface area contributed by atoms with Crippen LogP contribution in [0, 0.1) is 0 Å². The van der Waals surface area contributed by atoms with Crippen LogP contribution in [0.1, 0.15) is 18.3 Å². The molecule has 1 heterocycles. The van der Waals surface area contributed by atoms with Crippen LogP contribution in [0.5, 0.6) is 0 Å². The van der Waals surface area contributed by atoms with E-state index >= 15 is 0 Å². The third-order valence-electron chi connectivity index (χ3n) is 1.86. The van der Waals surface area contributed by atoms with Gasteiger partial charge in [-0.05, 0) is 43.0 Å². The van der Waals surface area contributed by atoms with Gasteiger partial charge < -0.3 is 10.6 Å². The maximum Gasteiger partial charge on any atom is 0.144 e. The third kappa shape index (κ3) is 3.69. The van der Waals surface area contributed by atoms with Crippen molar-refractivity contribution in [3.8, 4) is 0 Å². The van der Waals surface area contributed by atoms with E-state index in [1.165, 1.54) is 0 Å². The Morgan fingerprint density at radius 2 is 2.00 bits per heavy atom. The van der Waals surface area contributed by atoms with Crippen LogP contribution >= 0.6 is 15.9 Å². The first-order valence-corrected chi connectivity index (χ1v) is 5.26. The van der Waals surface area contributed by atoms with Crippen molar-refractivity contribution in [1.29, 1.82) is 0 Å². The van der Waals surface area contributed by atoms with Crippen LogP contribution in [0.25, 0.3) is 0 Å². The first-order chi connectivity index (χ1) is 6.59. The normalized spacial score (nSPS) is 13.2. The molecule has 1 unspecified atom stereocenters. The first-order valence-electron chi connectivity index (χ1n) is 4.47. The van der Waals surface area contributed by atoms with Gasteiger partial charge in [0.15, 0.2) is 0 Å². The van der Waals surface area contributed by atoms with E-state index in [0.29, 0.717) is 5.82 Å². The molecular weight excluding hydrogens is 244 g/mol. The van der Waals surface area contributed by atoms with Gasteiger partial charge in [-0.1, -0.05) is 0 Å². The standard InChI is InChI=1S/C9H15BrN4/c1-14(2)4-3-8(11)9-12-5-7(10)6-13-9/h5-6,8H,3-4,11H2,1-2H3. The van der Waals surface area contributed by atoms with Gasteiger partial charge in [0.2, 0.25) is 0 Å². The van der Waals surface area contributed by atoms with E-state index in [9.17, 15) is 0 Å². The van der Waals surface area contributed by atoms with E-state index in [0.717, 1.165) is 17.4 Å². The Bertz CT molecular complexity index is 273. The van der Waals surface area contributed by atoms with Crippen molar-refractivity contribution in [1.82, 2.24) is 14.9 Å². The minimum atomic E-state index is -0.0782. The fourth-order valence-corrected chi connectivity index (χ4v) is 1.24. The topological polar surface area (TPSA) is 55.0 Å². The maximum absolute atomic E-state index is 5.93. The van der Waals surface area contributed by atoms with Crippen LogP contribution in [0.2, 0.25) is 0 Å². The summed E-state index contributed by atoms with van der Waals surface area (Å²) in [4.78, 5) is 10.4. The SMILES string of the molecule is CN(C)CCC(N)c1ncc(Br)cn1. The fraction of sp³-hybridized carbons (Fsp3) is 0.556. The summed E-state index contributed by atoms with van der Waals surface area (Å²) in [5.41, 5.74) is 5.93. The summed E-state index contributed by atoms with van der Waals surface area (Å²) < 4.78 is 0.876. The van der Waals surface area contributed by atoms with Gasteiger partial charge in [-0.2, -0.15) is 0 Å². The predicted octanol–water partition coefficient (Wildman–Crippen LogP) is 1.19. The Hall–Kier alpha value is -0.520. The molecule has 0 saturated carbocycles. The number of aromatic nitrogens is 2. The molecule has 0 fully saturated rings. The number of rotatable bonds is 4. The van der Waals surface area contributed by atoms with E-state index < -0.39 is 0 Å². The fourth-order valence-electron chi connectivity index (χ4n) is 1.04. The Labute approximate surface area is 92.7 Å². The molecule has 0 saturated heterocycles. The second-order valence-electron chi connectivity index (χ2n) is 3.46. The second kappa shape index (κ2) is 5.38. The van der Waals surface area contributed by atoms with Crippen molar-refractivity contribution < 1.29 is 0 Å². The summed E-state index contributed by atoms with van der Waals surface area (Å²) in [6.45, 7) is 0.945. The van der Waals surface area contributed by atoms with E-state index in [2.05, 4.69) is 30.8 Å². The molecule has 2 N–H and O–H groups in total. The highest BCUT2D eigenvalue weighted by atomic mass is 79.9. The summed E-state index contributed by atoms with van der Waals surface area (Å²) in [7, 11) is 4.05. The van der Waals surface area contributed by atoms with Crippen LogP contribution < -0.4 is 5.73 Å². The molecule has 1 rings (SSSR count). The molecule has 78 valence electrons. The molecule has 4 nitrogen and oxygen atoms in total. The van der Waals surface area contributed by atoms with Gasteiger partial charge >= 0.3 is 0 Å². The Balaban J connectivity index is 2.52. The van der Waals surface area contributed by atoms with Crippen molar-refractivity contribution in [3.05, 3.63) is 22.7 Å². The van der Waals surface area contributed by atoms with E-state index in [-0.39, 0.29) is 6.04 Å². The monoisotopic (exact) mass is 258 g/mol. The van der Waals surface area contributed by atoms with Crippen LogP contribution in [-0.2, 0) is 0 Å². The number of nitrogens with two attached hydrogens (primary N) is 1. The molecule has 0 bridgehead atoms. The molecule has 5 heteroatoms. The average Bonchev–Trinajstić information content (AvgIpc) is 2.15. The number of halogens is 1. The molecule has 1 aromatic heterocycles. The van der Waals surface area contributed by atoms with Gasteiger partial charge in [0, 0.05) is 12.4 Å². The lowest BCUT2D eigenvalue weighted by Crippen LogP contribution is -2.21. The first kappa shape index (κ1) is 11.6. The minimum Gasteiger partial charge on any atom is -0.321 e. The Morgan fingerprint density at radius 3 is 2.50 bits per heavy atom. The van der Waals surface area contributed by atoms with E-state index in [1.54, 1.807) is 12.4 Å². The minimum absolute atomic E-state index is 0.0782. The molecule has 1 aromatic rings. The number of hydrogen-bond acceptors (Lipinski definition) is 4. The lowest BCUT2D eigenvalue weighted by atomic mass is 10.2. The third-order valence-corrected chi connectivity index (χ3v) is 2.27. The number of nitrogens with zero attached hydrogens (tertiary/aromatic N) is 3. The van der Waals surface area contributed by atoms with Gasteiger partial charge in [-0.25, -0.2) is 9.97 Å². The van der Waals surface area contributed by atoms with Crippen molar-refractivity contribution in [2.75, 3.05) is 20.6 Å². The largest absolute Gasteiger partial charge is 0.321 e. The summed E-state index contributed by atoms with van der Waals surface area (Å²) in [6.07, 6.45) is 4.31. The summed E-state index contributed by atoms with van der Waals surface area (Å²) in [5.74, 6) is 0.704. The molecule has 0 radical (unpaired) electrons. The molecule has 0 aliphatic rings. The van der Waals surface area contributed by atoms with Crippen molar-refractivity contribution in [2.24, 2.45) is 5.73 Å². The molecule has 0 amide bonds. The number of hydrogen-bond donors (Lipinski definition) is 1. The van der Waals surface area contributed by atoms with Gasteiger partial charge in [0.05, 0.1) is 10.5 Å². The van der Waals surface area contributed by atoms with Crippen molar-refractivity contribution >= 4 is 15.9 Å². The van der Waals surface area contributed by atoms with E-state index in [4.69, 9.17) is 5.73 Å². The Morgan fingerprint density at radius 1 is 1.43 bits per heavy atom. The van der Waals surface area contributed by atoms with Gasteiger partial charge in [0.25, 0.3) is 0 Å². The van der Waals surface area contributed by atoms with Gasteiger partial charge in [-0.15, -0.1) is 0 Å². The van der Waals surface area contributed by atoms with Gasteiger partial charge in [0.1, 0.15) is 5.82 Å². The lowest BCUT2D eigenvalue weighted by molar-refractivity contribution is 0.379. The maximum atomic E-state index is 5.93. The molecule has 0 aliphatic heterocycles. The van der Waals surface area contributed by atoms with Crippen molar-refractivity contribution in [3.63, 3.8) is 0 Å². The predicted molar refractivity (Wildman–Crippen MR) is 59.8 cm³/mol. The second-order valence-corrected chi connectivity index (χ2v) is 4.37. The summed E-state index contributed by atoms with van der Waals surface area (Å²) in [6, 6.07) is -0.0782. The molecule has 0 aromatic carbocycles. The summed E-state index contributed by atoms with van der Waals surface area (Å²) >= 11 is 3.28. The van der Waals surface area contributed by atoms with E-state index in [1.807, 2.05) is 14.1 Å². The zero-order chi connectivity index (χ0) is 10.6. The van der Waals surface area contributed by atoms with Crippen LogP contribution in [0.4, 0.5) is 0 Å². The molecule has 14 heavy (non-hydrogen) atoms. The zero-order valence-corrected chi connectivity index (χ0v) is 10.0. The van der Waals surface area contributed by atoms with Crippen molar-refractivity contribution in [2.45, 2.75) is 12.5 Å². The molecular formula is C9H15BrN4. The smallest absolute Gasteiger partial charge is 0.144 e. The highest BCUT2D eigenvalue weighted by molar-refractivity contribution is 9.10. The van der Waals surface area contributed by atoms with Gasteiger partial charge in [-0.3, -0.25) is 0 Å². The van der Waals surface area contributed by atoms with Crippen LogP contribution in [0.3, 0.4) is 0 Å². The average molecular weight is 259 g/mol. The zero-order valence-electron chi connectivity index (χ0n) is 8.44. The highest BCUT2D eigenvalue weighted by Crippen LogP contribution is 2.11. The molecule has 1 atom stereocenters. The molecule has 0 spiro atoms. The molecule has 0 aliphatic carbocycles.